The lowest BCUT2D eigenvalue weighted by molar-refractivity contribution is 0.0251. The smallest absolute Gasteiger partial charge is 0.340 e. The number of aromatic hydroxyl groups is 4. The number of fused-ring (bicyclic) bond motifs is 1. The van der Waals surface area contributed by atoms with Gasteiger partial charge < -0.3 is 25.2 Å². The topological polar surface area (TPSA) is 205 Å². The van der Waals surface area contributed by atoms with Gasteiger partial charge in [-0.25, -0.2) is 4.79 Å². The summed E-state index contributed by atoms with van der Waals surface area (Å²) in [6.07, 6.45) is 0.993. The first-order chi connectivity index (χ1) is 33.0. The number of phenols is 4. The highest BCUT2D eigenvalue weighted by Gasteiger charge is 2.48. The number of rotatable bonds is 7. The van der Waals surface area contributed by atoms with Gasteiger partial charge in [0.05, 0.1) is 24.7 Å². The molecule has 0 atom stereocenters. The quantitative estimate of drug-likeness (QED) is 0.0439. The highest BCUT2D eigenvalue weighted by Crippen LogP contribution is 2.47. The molecule has 6 aromatic rings. The Hall–Kier alpha value is -6.19. The van der Waals surface area contributed by atoms with Gasteiger partial charge in [-0.05, 0) is 78.2 Å². The average molecular weight is 995 g/mol. The monoisotopic (exact) mass is 994 g/mol. The molecule has 0 radical (unpaired) electrons. The van der Waals surface area contributed by atoms with Gasteiger partial charge in [-0.1, -0.05) is 180 Å². The average Bonchev–Trinajstić information content (AvgIpc) is 3.69. The van der Waals surface area contributed by atoms with E-state index < -0.39 is 31.8 Å². The zero-order valence-electron chi connectivity index (χ0n) is 43.1. The molecule has 69 heavy (non-hydrogen) atoms. The third-order valence-corrected chi connectivity index (χ3v) is 9.91. The molecule has 1 aliphatic rings. The van der Waals surface area contributed by atoms with Crippen LogP contribution in [-0.4, -0.2) is 66.9 Å². The van der Waals surface area contributed by atoms with E-state index in [4.69, 9.17) is 9.29 Å². The number of cyclic esters (lactones) is 1. The van der Waals surface area contributed by atoms with Crippen molar-refractivity contribution in [3.8, 4) is 23.0 Å². The van der Waals surface area contributed by atoms with Crippen LogP contribution in [0.15, 0.2) is 152 Å². The van der Waals surface area contributed by atoms with Crippen molar-refractivity contribution in [2.24, 2.45) is 0 Å². The van der Waals surface area contributed by atoms with E-state index in [2.05, 4.69) is 16.3 Å². The molecule has 1 heterocycles. The molecule has 7 rings (SSSR count). The minimum atomic E-state index is -3.66. The van der Waals surface area contributed by atoms with E-state index in [1.54, 1.807) is 84.9 Å². The van der Waals surface area contributed by atoms with E-state index in [1.807, 2.05) is 138 Å². The van der Waals surface area contributed by atoms with Gasteiger partial charge in [0.25, 0.3) is 20.2 Å². The first-order valence-corrected chi connectivity index (χ1v) is 26.7. The number of carbonyl (C=O) groups is 1. The van der Waals surface area contributed by atoms with Crippen LogP contribution in [-0.2, 0) is 34.8 Å². The van der Waals surface area contributed by atoms with Crippen LogP contribution in [0.25, 0.3) is 0 Å². The minimum absolute atomic E-state index is 0.0763. The van der Waals surface area contributed by atoms with Crippen LogP contribution in [0.2, 0.25) is 0 Å². The van der Waals surface area contributed by atoms with Crippen LogP contribution in [0, 0.1) is 0 Å². The van der Waals surface area contributed by atoms with Crippen molar-refractivity contribution < 1.29 is 55.5 Å². The number of hydrogen-bond acceptors (Lipinski definition) is 11. The molecule has 0 unspecified atom stereocenters. The van der Waals surface area contributed by atoms with Crippen molar-refractivity contribution in [2.75, 3.05) is 19.1 Å². The van der Waals surface area contributed by atoms with E-state index in [9.17, 15) is 42.1 Å². The molecule has 5 N–H and O–H groups in total. The molecule has 0 fully saturated rings. The number of hydrogen-bond donors (Lipinski definition) is 5. The fourth-order valence-corrected chi connectivity index (χ4v) is 5.76. The normalized spacial score (nSPS) is 11.0. The zero-order valence-corrected chi connectivity index (χ0v) is 44.8. The maximum Gasteiger partial charge on any atom is 0.340 e. The molecule has 14 heteroatoms. The maximum atomic E-state index is 12.4. The van der Waals surface area contributed by atoms with Gasteiger partial charge in [0.15, 0.2) is 5.60 Å². The van der Waals surface area contributed by atoms with Crippen LogP contribution in [0.1, 0.15) is 140 Å². The van der Waals surface area contributed by atoms with Crippen LogP contribution in [0.3, 0.4) is 0 Å². The lowest BCUT2D eigenvalue weighted by Crippen LogP contribution is -2.29. The van der Waals surface area contributed by atoms with Crippen molar-refractivity contribution in [3.05, 3.63) is 191 Å². The van der Waals surface area contributed by atoms with Gasteiger partial charge >= 0.3 is 5.97 Å². The van der Waals surface area contributed by atoms with Crippen molar-refractivity contribution >= 4 is 26.2 Å². The van der Waals surface area contributed by atoms with E-state index >= 15 is 0 Å². The minimum Gasteiger partial charge on any atom is -0.508 e. The summed E-state index contributed by atoms with van der Waals surface area (Å²) in [5.74, 6) is 0.272. The van der Waals surface area contributed by atoms with Crippen molar-refractivity contribution in [3.63, 3.8) is 0 Å². The summed E-state index contributed by atoms with van der Waals surface area (Å²) in [6, 6.07) is 45.2. The van der Waals surface area contributed by atoms with E-state index in [0.717, 1.165) is 41.2 Å². The standard InChI is InChI=1S/C20H14O4.C19H16O2.2C2H6O3S.6C2H6/c21-15-9-5-13(6-10-15)20(14-7-11-16(22)12-8-14)18-4-2-1-3-17(18)19(23)24-20;20-17-10-6-15(7-11-17)19(14-4-2-1-3-5-14)16-8-12-18(21)13-9-16;1-5-6(2,3)4;1-2-6(3,4)5;6*1-2/h1-12,21-22H;1-13,19-21H;1-2H3;2H2,1H3,(H,3,4,5);6*1-2H3. The number of phenolic OH excluding ortho intramolecular Hbond substituents is 4. The zero-order chi connectivity index (χ0) is 53.8. The second-order valence-electron chi connectivity index (χ2n) is 12.5. The van der Waals surface area contributed by atoms with Gasteiger partial charge in [-0.15, -0.1) is 0 Å². The van der Waals surface area contributed by atoms with Gasteiger partial charge in [0.2, 0.25) is 0 Å². The van der Waals surface area contributed by atoms with Crippen LogP contribution in [0.4, 0.5) is 0 Å². The Morgan fingerprint density at radius 3 is 1.07 bits per heavy atom. The Morgan fingerprint density at radius 1 is 0.493 bits per heavy atom. The van der Waals surface area contributed by atoms with Crippen LogP contribution < -0.4 is 0 Å². The molecule has 0 bridgehead atoms. The molecular formula is C55H78O12S2. The third kappa shape index (κ3) is 23.1. The summed E-state index contributed by atoms with van der Waals surface area (Å²) in [5.41, 5.74) is 4.98. The molecule has 0 aliphatic carbocycles. The molecule has 0 amide bonds. The third-order valence-electron chi connectivity index (χ3n) is 8.57. The van der Waals surface area contributed by atoms with Crippen molar-refractivity contribution in [1.82, 2.24) is 0 Å². The Morgan fingerprint density at radius 2 is 0.768 bits per heavy atom. The second kappa shape index (κ2) is 36.8. The summed E-state index contributed by atoms with van der Waals surface area (Å²) < 4.78 is 56.2. The second-order valence-corrected chi connectivity index (χ2v) is 16.0. The molecule has 0 aromatic heterocycles. The Labute approximate surface area is 414 Å². The molecule has 1 aliphatic heterocycles. The van der Waals surface area contributed by atoms with E-state index in [0.29, 0.717) is 5.56 Å². The number of benzene rings is 6. The molecule has 382 valence electrons. The molecule has 0 saturated carbocycles. The lowest BCUT2D eigenvalue weighted by atomic mass is 9.80. The predicted molar refractivity (Wildman–Crippen MR) is 284 cm³/mol. The first kappa shape index (κ1) is 67.1. The Balaban J connectivity index is -0.000000876. The van der Waals surface area contributed by atoms with Crippen LogP contribution >= 0.6 is 0 Å². The summed E-state index contributed by atoms with van der Waals surface area (Å²) >= 11 is 0. The van der Waals surface area contributed by atoms with Crippen molar-refractivity contribution in [2.45, 2.75) is 102 Å². The van der Waals surface area contributed by atoms with E-state index in [-0.39, 0.29) is 34.7 Å². The molecular weight excluding hydrogens is 917 g/mol. The number of esters is 1. The van der Waals surface area contributed by atoms with Gasteiger partial charge in [-0.3, -0.25) is 8.74 Å². The summed E-state index contributed by atoms with van der Waals surface area (Å²) in [6.45, 7) is 25.4. The van der Waals surface area contributed by atoms with Gasteiger partial charge in [-0.2, -0.15) is 16.8 Å². The van der Waals surface area contributed by atoms with Crippen molar-refractivity contribution in [1.29, 1.82) is 0 Å². The molecule has 0 saturated heterocycles. The Kier molecular flexibility index (Phi) is 35.8. The molecule has 12 nitrogen and oxygen atoms in total. The fraction of sp³-hybridized carbons (Fsp3) is 0.327. The van der Waals surface area contributed by atoms with E-state index in [1.165, 1.54) is 12.5 Å². The fourth-order valence-electron chi connectivity index (χ4n) is 5.76. The highest BCUT2D eigenvalue weighted by atomic mass is 32.2. The highest BCUT2D eigenvalue weighted by molar-refractivity contribution is 7.86. The summed E-state index contributed by atoms with van der Waals surface area (Å²) in [5, 5.41) is 38.2. The number of carbonyl (C=O) groups excluding carboxylic acids is 1. The Bertz CT molecular complexity index is 2320. The maximum absolute atomic E-state index is 12.4. The summed E-state index contributed by atoms with van der Waals surface area (Å²) in [4.78, 5) is 12.4. The van der Waals surface area contributed by atoms with Gasteiger partial charge in [0, 0.05) is 22.6 Å². The SMILES string of the molecule is CC.CC.CC.CC.CC.CC.CCS(=O)(=O)O.COS(C)(=O)=O.O=C1OC(c2ccc(O)cc2)(c2ccc(O)cc2)c2ccccc21.Oc1ccc(C(c2ccccc2)c2ccc(O)cc2)cc1. The first-order valence-electron chi connectivity index (χ1n) is 23.2. The molecule has 6 aromatic carbocycles. The van der Waals surface area contributed by atoms with Crippen LogP contribution in [0.5, 0.6) is 23.0 Å². The predicted octanol–water partition coefficient (Wildman–Crippen LogP) is 13.5. The summed E-state index contributed by atoms with van der Waals surface area (Å²) in [7, 11) is -5.70. The lowest BCUT2D eigenvalue weighted by Gasteiger charge is -2.30. The molecule has 0 spiro atoms. The number of ether oxygens (including phenoxy) is 1. The van der Waals surface area contributed by atoms with Gasteiger partial charge in [0.1, 0.15) is 23.0 Å². The largest absolute Gasteiger partial charge is 0.508 e.